The van der Waals surface area contributed by atoms with E-state index in [1.54, 1.807) is 18.2 Å². The van der Waals surface area contributed by atoms with Crippen molar-refractivity contribution in [2.45, 2.75) is 20.8 Å². The first-order chi connectivity index (χ1) is 10.7. The van der Waals surface area contributed by atoms with Crippen LogP contribution in [0.2, 0.25) is 0 Å². The molecule has 0 bridgehead atoms. The number of ether oxygens (including phenoxy) is 1. The summed E-state index contributed by atoms with van der Waals surface area (Å²) in [6.07, 6.45) is 3.11. The van der Waals surface area contributed by atoms with E-state index in [1.807, 2.05) is 20.8 Å². The van der Waals surface area contributed by atoms with Gasteiger partial charge in [0.2, 0.25) is 0 Å². The molecule has 2 rings (SSSR count). The van der Waals surface area contributed by atoms with Crippen LogP contribution in [0.5, 0.6) is 11.5 Å². The van der Waals surface area contributed by atoms with Crippen LogP contribution in [0.25, 0.3) is 12.2 Å². The quantitative estimate of drug-likeness (QED) is 0.889. The van der Waals surface area contributed by atoms with Crippen LogP contribution in [-0.4, -0.2) is 23.0 Å². The molecule has 0 spiro atoms. The van der Waals surface area contributed by atoms with Gasteiger partial charge >= 0.3 is 0 Å². The third kappa shape index (κ3) is 4.10. The number of thiazole rings is 1. The number of rotatable bonds is 3. The number of nitrogens with one attached hydrogen (secondary N) is 1. The molecule has 1 heterocycles. The van der Waals surface area contributed by atoms with Gasteiger partial charge in [-0.1, -0.05) is 26.8 Å². The van der Waals surface area contributed by atoms with Crippen molar-refractivity contribution in [3.8, 4) is 11.5 Å². The van der Waals surface area contributed by atoms with Gasteiger partial charge < -0.3 is 14.8 Å². The van der Waals surface area contributed by atoms with E-state index < -0.39 is 5.41 Å². The summed E-state index contributed by atoms with van der Waals surface area (Å²) in [5.41, 5.74) is -0.0883. The van der Waals surface area contributed by atoms with Crippen LogP contribution in [0.4, 0.5) is 0 Å². The summed E-state index contributed by atoms with van der Waals surface area (Å²) in [5.74, 6) is 0.319. The predicted octanol–water partition coefficient (Wildman–Crippen LogP) is 1.38. The lowest BCUT2D eigenvalue weighted by molar-refractivity contribution is -0.119. The van der Waals surface area contributed by atoms with Gasteiger partial charge in [-0.25, -0.2) is 0 Å². The minimum Gasteiger partial charge on any atom is -0.504 e. The summed E-state index contributed by atoms with van der Waals surface area (Å²) < 4.78 is 5.96. The van der Waals surface area contributed by atoms with Gasteiger partial charge in [0.25, 0.3) is 5.56 Å². The van der Waals surface area contributed by atoms with Crippen molar-refractivity contribution in [2.75, 3.05) is 7.11 Å². The van der Waals surface area contributed by atoms with E-state index in [-0.39, 0.29) is 17.1 Å². The number of carbonyl (C=O) groups excluding carboxylic acids is 1. The number of Topliss-reactive ketones (excluding diaryl/α,β-unsaturated/α-hetero) is 1. The van der Waals surface area contributed by atoms with Gasteiger partial charge in [-0.3, -0.25) is 9.59 Å². The summed E-state index contributed by atoms with van der Waals surface area (Å²) in [6, 6.07) is 4.88. The molecule has 1 aromatic heterocycles. The van der Waals surface area contributed by atoms with Gasteiger partial charge in [-0.2, -0.15) is 0 Å². The summed E-state index contributed by atoms with van der Waals surface area (Å²) in [4.78, 5) is 26.7. The normalized spacial score (nSPS) is 13.4. The first-order valence-corrected chi connectivity index (χ1v) is 7.86. The van der Waals surface area contributed by atoms with E-state index >= 15 is 0 Å². The van der Waals surface area contributed by atoms with Crippen molar-refractivity contribution in [2.24, 2.45) is 5.41 Å². The highest BCUT2D eigenvalue weighted by Crippen LogP contribution is 2.26. The summed E-state index contributed by atoms with van der Waals surface area (Å²) in [7, 11) is 1.47. The van der Waals surface area contributed by atoms with Crippen LogP contribution in [0, 0.1) is 5.41 Å². The standard InChI is InChI=1S/C17H19NO4S/c1-17(2,3)14(20)9-15-18-16(21)13(23-15)8-10-5-6-12(22-4)11(19)7-10/h5-9,19H,1-4H3,(H,18,21)/b13-8+,15-9-. The molecule has 0 atom stereocenters. The summed E-state index contributed by atoms with van der Waals surface area (Å²) in [5, 5.41) is 9.77. The lowest BCUT2D eigenvalue weighted by Crippen LogP contribution is -2.22. The molecule has 122 valence electrons. The zero-order chi connectivity index (χ0) is 17.2. The van der Waals surface area contributed by atoms with Crippen molar-refractivity contribution >= 4 is 29.3 Å². The summed E-state index contributed by atoms with van der Waals surface area (Å²) in [6.45, 7) is 5.47. The van der Waals surface area contributed by atoms with Crippen LogP contribution >= 0.6 is 11.3 Å². The molecular weight excluding hydrogens is 314 g/mol. The second-order valence-corrected chi connectivity index (χ2v) is 7.20. The highest BCUT2D eigenvalue weighted by Gasteiger charge is 2.18. The zero-order valence-corrected chi connectivity index (χ0v) is 14.3. The van der Waals surface area contributed by atoms with Gasteiger partial charge in [-0.15, -0.1) is 11.3 Å². The van der Waals surface area contributed by atoms with E-state index in [1.165, 1.54) is 30.6 Å². The minimum atomic E-state index is -0.494. The lowest BCUT2D eigenvalue weighted by Gasteiger charge is -2.12. The van der Waals surface area contributed by atoms with Crippen molar-refractivity contribution < 1.29 is 14.6 Å². The fraction of sp³-hybridized carbons (Fsp3) is 0.294. The van der Waals surface area contributed by atoms with Crippen molar-refractivity contribution in [3.05, 3.63) is 43.3 Å². The highest BCUT2D eigenvalue weighted by molar-refractivity contribution is 7.07. The number of ketones is 1. The molecule has 6 heteroatoms. The average molecular weight is 333 g/mol. The van der Waals surface area contributed by atoms with Crippen LogP contribution in [0.1, 0.15) is 26.3 Å². The van der Waals surface area contributed by atoms with Crippen LogP contribution in [0.3, 0.4) is 0 Å². The van der Waals surface area contributed by atoms with Crippen molar-refractivity contribution in [1.82, 2.24) is 4.98 Å². The number of hydrogen-bond acceptors (Lipinski definition) is 5. The van der Waals surface area contributed by atoms with Crippen LogP contribution in [0.15, 0.2) is 23.0 Å². The monoisotopic (exact) mass is 333 g/mol. The molecule has 0 aliphatic rings. The van der Waals surface area contributed by atoms with Crippen LogP contribution < -0.4 is 19.5 Å². The number of aromatic nitrogens is 1. The average Bonchev–Trinajstić information content (AvgIpc) is 2.78. The van der Waals surface area contributed by atoms with Gasteiger partial charge in [0.05, 0.1) is 16.3 Å². The molecule has 0 fully saturated rings. The minimum absolute atomic E-state index is 0.00364. The molecule has 0 aliphatic carbocycles. The van der Waals surface area contributed by atoms with Crippen molar-refractivity contribution in [1.29, 1.82) is 0 Å². The molecule has 0 amide bonds. The number of aromatic amines is 1. The molecule has 0 radical (unpaired) electrons. The number of carbonyl (C=O) groups is 1. The number of hydrogen-bond donors (Lipinski definition) is 2. The third-order valence-electron chi connectivity index (χ3n) is 3.18. The molecule has 5 nitrogen and oxygen atoms in total. The Labute approximate surface area is 137 Å². The maximum absolute atomic E-state index is 12.0. The number of H-pyrrole nitrogens is 1. The molecule has 2 aromatic rings. The predicted molar refractivity (Wildman–Crippen MR) is 91.3 cm³/mol. The third-order valence-corrected chi connectivity index (χ3v) is 4.15. The number of phenols is 1. The second-order valence-electron chi connectivity index (χ2n) is 6.12. The Kier molecular flexibility index (Phi) is 4.75. The van der Waals surface area contributed by atoms with Gasteiger partial charge in [0.15, 0.2) is 17.3 Å². The number of aromatic hydroxyl groups is 1. The Hall–Kier alpha value is -2.34. The van der Waals surface area contributed by atoms with Gasteiger partial charge in [0.1, 0.15) is 0 Å². The maximum Gasteiger partial charge on any atom is 0.266 e. The Balaban J connectivity index is 2.46. The Morgan fingerprint density at radius 3 is 2.61 bits per heavy atom. The molecule has 2 N–H and O–H groups in total. The van der Waals surface area contributed by atoms with E-state index in [0.717, 1.165) is 0 Å². The van der Waals surface area contributed by atoms with E-state index in [9.17, 15) is 14.7 Å². The first kappa shape index (κ1) is 17.0. The molecule has 1 aromatic carbocycles. The smallest absolute Gasteiger partial charge is 0.266 e. The topological polar surface area (TPSA) is 79.4 Å². The van der Waals surface area contributed by atoms with E-state index in [0.29, 0.717) is 20.5 Å². The van der Waals surface area contributed by atoms with Crippen LogP contribution in [-0.2, 0) is 4.79 Å². The fourth-order valence-electron chi connectivity index (χ4n) is 1.81. The largest absolute Gasteiger partial charge is 0.504 e. The Morgan fingerprint density at radius 1 is 1.35 bits per heavy atom. The lowest BCUT2D eigenvalue weighted by atomic mass is 9.91. The molecule has 0 unspecified atom stereocenters. The van der Waals surface area contributed by atoms with Gasteiger partial charge in [0, 0.05) is 11.5 Å². The molecular formula is C17H19NO4S. The van der Waals surface area contributed by atoms with Gasteiger partial charge in [-0.05, 0) is 23.8 Å². The number of methoxy groups -OCH3 is 1. The zero-order valence-electron chi connectivity index (χ0n) is 13.5. The van der Waals surface area contributed by atoms with E-state index in [2.05, 4.69) is 4.98 Å². The Bertz CT molecular complexity index is 900. The molecule has 0 saturated heterocycles. The number of benzene rings is 1. The SMILES string of the molecule is COc1ccc(/C=c2/s/c(=C\C(=O)C(C)(C)C)[nH]c2=O)cc1O. The molecule has 0 saturated carbocycles. The van der Waals surface area contributed by atoms with Crippen molar-refractivity contribution in [3.63, 3.8) is 0 Å². The highest BCUT2D eigenvalue weighted by atomic mass is 32.1. The Morgan fingerprint density at radius 2 is 2.04 bits per heavy atom. The number of phenolic OH excluding ortho intramolecular Hbond substituents is 1. The second kappa shape index (κ2) is 6.42. The summed E-state index contributed by atoms with van der Waals surface area (Å²) >= 11 is 1.20. The first-order valence-electron chi connectivity index (χ1n) is 7.05. The van der Waals surface area contributed by atoms with E-state index in [4.69, 9.17) is 4.74 Å². The maximum atomic E-state index is 12.0. The molecule has 0 aliphatic heterocycles. The molecule has 23 heavy (non-hydrogen) atoms. The fourth-order valence-corrected chi connectivity index (χ4v) is 2.69.